The zero-order valence-corrected chi connectivity index (χ0v) is 62.5. The van der Waals surface area contributed by atoms with Crippen LogP contribution in [-0.2, 0) is 60.9 Å². The number of esters is 2. The number of hydrogen-bond acceptors (Lipinski definition) is 17. The first kappa shape index (κ1) is 84.6. The standard InChI is InChI=1S/C16H22N2O2.C16H19NO3.C13H24N2O2.C10H14O3.C9H15N.C5H8Br2O2.C2H4O.B.HI.H3N/c17-15-12-6-7-13(15)9-14(8-12)18-16(19)20-10-11-4-2-1-3-5-11;18-15-12-6-7-13(15)9-14(8-12)17-16(19)20-10-11-4-2-1-3-5-11;1-13(2,3)17-12(16)15-11-8-4-5-9(11)7-10(14)6-8;1-13-10(12)8-4-6-2-3-7(5-8)9(6)11;1-2-6-9(5-1)10-7-3-4-8-10;1-9-5(8)4(2-6)3-7;1-2-3;;;/h1-5,12-15H,6-10,17H2,(H,18,19);1-5,12-14H,6-10H2,(H,17,19);8-11H,4-7,14H2,1-3H3,(H,15,16);6-8H,2-5H2,1H3;5H,1-4,6-8H2;4H,2-3H2,1H3;2H,1H3;;1H;1H3. The predicted molar refractivity (Wildman–Crippen MR) is 387 cm³/mol. The highest BCUT2D eigenvalue weighted by molar-refractivity contribution is 14.0. The lowest BCUT2D eigenvalue weighted by molar-refractivity contribution is -0.148. The van der Waals surface area contributed by atoms with Crippen LogP contribution in [0.3, 0.4) is 0 Å². The van der Waals surface area contributed by atoms with Crippen molar-refractivity contribution in [3.8, 4) is 0 Å². The quantitative estimate of drug-likeness (QED) is 0.0287. The van der Waals surface area contributed by atoms with Gasteiger partial charge in [-0.15, -0.1) is 24.0 Å². The molecule has 8 atom stereocenters. The summed E-state index contributed by atoms with van der Waals surface area (Å²) >= 11 is 6.37. The number of hydrogen-bond donors (Lipinski definition) is 6. The minimum Gasteiger partial charge on any atom is -0.469 e. The number of alkyl halides is 2. The van der Waals surface area contributed by atoms with Crippen molar-refractivity contribution >= 4 is 112 Å². The van der Waals surface area contributed by atoms with E-state index in [1.54, 1.807) is 5.70 Å². The fraction of sp³-hybridized carbons (Fsp3) is 0.690. The second-order valence-corrected chi connectivity index (χ2v) is 28.7. The van der Waals surface area contributed by atoms with Gasteiger partial charge >= 0.3 is 30.2 Å². The molecule has 12 rings (SSSR count). The largest absolute Gasteiger partial charge is 0.469 e. The Kier molecular flexibility index (Phi) is 38.9. The first-order chi connectivity index (χ1) is 44.1. The summed E-state index contributed by atoms with van der Waals surface area (Å²) in [6.45, 7) is 10.4. The molecular formula is C71H110BBr2IN7O13. The molecule has 8 unspecified atom stereocenters. The third-order valence-electron chi connectivity index (χ3n) is 19.6. The molecule has 95 heavy (non-hydrogen) atoms. The molecule has 1 saturated heterocycles. The number of nitrogens with one attached hydrogen (secondary N) is 3. The average molecular weight is 1570 g/mol. The molecule has 531 valence electrons. The van der Waals surface area contributed by atoms with Gasteiger partial charge in [0.1, 0.15) is 36.7 Å². The van der Waals surface area contributed by atoms with Gasteiger partial charge in [0.25, 0.3) is 0 Å². The molecule has 3 radical (unpaired) electrons. The van der Waals surface area contributed by atoms with Crippen molar-refractivity contribution in [3.05, 3.63) is 83.6 Å². The van der Waals surface area contributed by atoms with Gasteiger partial charge in [-0.1, -0.05) is 98.6 Å². The summed E-state index contributed by atoms with van der Waals surface area (Å²) in [6.07, 6.45) is 24.9. The van der Waals surface area contributed by atoms with E-state index in [1.807, 2.05) is 81.4 Å². The zero-order chi connectivity index (χ0) is 66.7. The molecule has 0 spiro atoms. The lowest BCUT2D eigenvalue weighted by atomic mass is 9.80. The van der Waals surface area contributed by atoms with Crippen LogP contribution >= 0.6 is 55.8 Å². The maximum Gasteiger partial charge on any atom is 0.407 e. The van der Waals surface area contributed by atoms with Crippen LogP contribution in [0.4, 0.5) is 14.4 Å². The number of fused-ring (bicyclic) bond motifs is 8. The highest BCUT2D eigenvalue weighted by Crippen LogP contribution is 2.44. The first-order valence-electron chi connectivity index (χ1n) is 33.8. The molecule has 9 aliphatic carbocycles. The number of ether oxygens (including phenoxy) is 5. The fourth-order valence-electron chi connectivity index (χ4n) is 15.1. The first-order valence-corrected chi connectivity index (χ1v) is 36.0. The van der Waals surface area contributed by atoms with Crippen LogP contribution in [0.2, 0.25) is 0 Å². The van der Waals surface area contributed by atoms with Crippen molar-refractivity contribution in [1.82, 2.24) is 27.0 Å². The number of ketones is 2. The van der Waals surface area contributed by atoms with Crippen molar-refractivity contribution < 1.29 is 62.0 Å². The number of methoxy groups -OCH3 is 2. The molecule has 3 amide bonds. The third kappa shape index (κ3) is 27.9. The molecule has 8 saturated carbocycles. The van der Waals surface area contributed by atoms with Crippen LogP contribution in [0.25, 0.3) is 0 Å². The SMILES string of the molecule is C1=C(N2CCCC2)CCC1.CC(C)(C)OC(=O)NC1C2CCC1CC(N)C2.CC=O.COC(=O)C(CBr)CBr.COC(=O)C1CC2CCC(C1)C2=O.I.N.NC1C2CCC1CC(NC(=O)OCc1ccccc1)C2.O=C(NC1CC2CCC(C1)C2=O)OCc1ccccc1.[B]. The second kappa shape index (κ2) is 43.7. The molecule has 9 fully saturated rings. The molecule has 2 aromatic rings. The number of allylic oxidation sites excluding steroid dienone is 2. The van der Waals surface area contributed by atoms with Crippen LogP contribution < -0.4 is 33.6 Å². The molecule has 1 heterocycles. The van der Waals surface area contributed by atoms with Gasteiger partial charge in [0.2, 0.25) is 0 Å². The molecule has 0 aromatic heterocycles. The number of halogens is 3. The van der Waals surface area contributed by atoms with Crippen LogP contribution in [0, 0.1) is 59.2 Å². The Balaban J connectivity index is 0.000000299. The van der Waals surface area contributed by atoms with E-state index in [0.717, 1.165) is 94.5 Å². The normalized spacial score (nSPS) is 28.1. The van der Waals surface area contributed by atoms with E-state index in [0.29, 0.717) is 64.6 Å². The van der Waals surface area contributed by atoms with Crippen LogP contribution in [-0.4, -0.2) is 135 Å². The number of rotatable bonds is 12. The Bertz CT molecular complexity index is 2630. The number of nitrogens with two attached hydrogens (primary N) is 2. The van der Waals surface area contributed by atoms with Gasteiger partial charge in [-0.3, -0.25) is 19.2 Å². The van der Waals surface area contributed by atoms with Crippen molar-refractivity contribution in [2.45, 2.75) is 212 Å². The molecular weight excluding hydrogens is 1460 g/mol. The number of carbonyl (C=O) groups is 8. The molecule has 20 nitrogen and oxygen atoms in total. The summed E-state index contributed by atoms with van der Waals surface area (Å²) in [6, 6.07) is 20.6. The third-order valence-corrected chi connectivity index (χ3v) is 21.2. The van der Waals surface area contributed by atoms with Gasteiger partial charge in [-0.25, -0.2) is 14.4 Å². The predicted octanol–water partition coefficient (Wildman–Crippen LogP) is 12.6. The van der Waals surface area contributed by atoms with Crippen molar-refractivity contribution in [2.75, 3.05) is 38.0 Å². The zero-order valence-electron chi connectivity index (χ0n) is 57.0. The maximum absolute atomic E-state index is 11.8. The average Bonchev–Trinajstić information content (AvgIpc) is 1.73. The Hall–Kier alpha value is -4.63. The highest BCUT2D eigenvalue weighted by Gasteiger charge is 2.46. The van der Waals surface area contributed by atoms with Crippen LogP contribution in [0.1, 0.15) is 174 Å². The Labute approximate surface area is 601 Å². The van der Waals surface area contributed by atoms with Gasteiger partial charge in [0, 0.05) is 91.7 Å². The van der Waals surface area contributed by atoms with Crippen molar-refractivity contribution in [1.29, 1.82) is 0 Å². The number of nitrogens with zero attached hydrogens (tertiary/aromatic N) is 1. The second-order valence-electron chi connectivity index (χ2n) is 27.4. The summed E-state index contributed by atoms with van der Waals surface area (Å²) in [4.78, 5) is 92.0. The molecule has 1 aliphatic heterocycles. The number of carbonyl (C=O) groups excluding carboxylic acids is 8. The van der Waals surface area contributed by atoms with E-state index in [9.17, 15) is 33.6 Å². The number of Topliss-reactive ketones (excluding diaryl/α,β-unsaturated/α-hetero) is 2. The smallest absolute Gasteiger partial charge is 0.407 e. The molecule has 10 N–H and O–H groups in total. The number of likely N-dealkylation sites (tertiary alicyclic amines) is 1. The minimum atomic E-state index is -0.422. The lowest BCUT2D eigenvalue weighted by Gasteiger charge is -2.34. The summed E-state index contributed by atoms with van der Waals surface area (Å²) in [5.74, 6) is 3.30. The maximum atomic E-state index is 11.8. The van der Waals surface area contributed by atoms with Gasteiger partial charge < -0.3 is 66.9 Å². The van der Waals surface area contributed by atoms with E-state index in [4.69, 9.17) is 35.2 Å². The van der Waals surface area contributed by atoms with Gasteiger partial charge in [0.15, 0.2) is 0 Å². The molecule has 10 aliphatic rings. The van der Waals surface area contributed by atoms with Crippen LogP contribution in [0.15, 0.2) is 72.4 Å². The van der Waals surface area contributed by atoms with Crippen LogP contribution in [0.5, 0.6) is 0 Å². The number of amides is 3. The number of benzene rings is 2. The lowest BCUT2D eigenvalue weighted by Crippen LogP contribution is -2.49. The monoisotopic (exact) mass is 1560 g/mol. The van der Waals surface area contributed by atoms with Gasteiger partial charge in [-0.2, -0.15) is 0 Å². The van der Waals surface area contributed by atoms with Gasteiger partial charge in [-0.05, 0) is 197 Å². The number of alkyl carbamates (subject to hydrolysis) is 3. The fourth-order valence-corrected chi connectivity index (χ4v) is 16.7. The summed E-state index contributed by atoms with van der Waals surface area (Å²) < 4.78 is 25.0. The summed E-state index contributed by atoms with van der Waals surface area (Å²) in [7, 11) is 2.81. The Morgan fingerprint density at radius 2 is 1.05 bits per heavy atom. The molecule has 8 bridgehead atoms. The Morgan fingerprint density at radius 1 is 0.621 bits per heavy atom. The Morgan fingerprint density at radius 3 is 1.44 bits per heavy atom. The number of aldehydes is 1. The van der Waals surface area contributed by atoms with E-state index in [2.05, 4.69) is 63.5 Å². The minimum absolute atomic E-state index is 0. The van der Waals surface area contributed by atoms with Crippen molar-refractivity contribution in [3.63, 3.8) is 0 Å². The van der Waals surface area contributed by atoms with E-state index < -0.39 is 5.60 Å². The van der Waals surface area contributed by atoms with E-state index in [1.165, 1.54) is 92.0 Å². The van der Waals surface area contributed by atoms with Gasteiger partial charge in [0.05, 0.1) is 26.1 Å². The molecule has 2 aromatic carbocycles. The van der Waals surface area contributed by atoms with E-state index >= 15 is 0 Å². The van der Waals surface area contributed by atoms with Crippen molar-refractivity contribution in [2.24, 2.45) is 70.6 Å². The topological polar surface area (TPSA) is 309 Å². The highest BCUT2D eigenvalue weighted by atomic mass is 127. The molecule has 24 heteroatoms. The summed E-state index contributed by atoms with van der Waals surface area (Å²) in [5, 5.41) is 10.2. The van der Waals surface area contributed by atoms with E-state index in [-0.39, 0.29) is 129 Å². The summed E-state index contributed by atoms with van der Waals surface area (Å²) in [5.41, 5.74) is 15.4.